The van der Waals surface area contributed by atoms with Gasteiger partial charge in [-0.25, -0.2) is 0 Å². The molecular weight excluding hydrogens is 238 g/mol. The van der Waals surface area contributed by atoms with Gasteiger partial charge >= 0.3 is 0 Å². The number of rotatable bonds is 2. The number of amides is 1. The van der Waals surface area contributed by atoms with E-state index in [0.717, 1.165) is 32.5 Å². The Labute approximate surface area is 114 Å². The van der Waals surface area contributed by atoms with Crippen LogP contribution in [0, 0.1) is 11.8 Å². The van der Waals surface area contributed by atoms with Crippen LogP contribution in [0.25, 0.3) is 0 Å². The Hall–Kier alpha value is -1.42. The Morgan fingerprint density at radius 3 is 2.84 bits per heavy atom. The predicted octanol–water partition coefficient (Wildman–Crippen LogP) is 1.60. The number of carbonyl (C=O) groups excluding carboxylic acids is 1. The van der Waals surface area contributed by atoms with Crippen LogP contribution in [0.4, 0.5) is 0 Å². The fourth-order valence-corrected chi connectivity index (χ4v) is 3.32. The van der Waals surface area contributed by atoms with Crippen LogP contribution >= 0.6 is 0 Å². The molecule has 3 atom stereocenters. The first kappa shape index (κ1) is 12.6. The first-order valence-corrected chi connectivity index (χ1v) is 7.18. The molecule has 3 rings (SSSR count). The Kier molecular flexibility index (Phi) is 3.51. The van der Waals surface area contributed by atoms with Crippen molar-refractivity contribution < 1.29 is 4.79 Å². The molecule has 1 amide bonds. The normalized spacial score (nSPS) is 30.8. The first-order valence-electron chi connectivity index (χ1n) is 7.18. The summed E-state index contributed by atoms with van der Waals surface area (Å²) in [5.41, 5.74) is 1.22. The molecule has 19 heavy (non-hydrogen) atoms. The fourth-order valence-electron chi connectivity index (χ4n) is 3.32. The molecule has 2 saturated heterocycles. The largest absolute Gasteiger partial charge is 0.335 e. The van der Waals surface area contributed by atoms with E-state index in [2.05, 4.69) is 22.1 Å². The molecule has 1 unspecified atom stereocenters. The molecule has 102 valence electrons. The molecule has 3 heterocycles. The molecule has 0 radical (unpaired) electrons. The molecular formula is C15H21N3O. The molecule has 1 N–H and O–H groups in total. The van der Waals surface area contributed by atoms with Gasteiger partial charge in [-0.05, 0) is 43.0 Å². The number of likely N-dealkylation sites (tertiary alicyclic amines) is 1. The summed E-state index contributed by atoms with van der Waals surface area (Å²) in [4.78, 5) is 18.9. The topological polar surface area (TPSA) is 45.2 Å². The summed E-state index contributed by atoms with van der Waals surface area (Å²) in [5, 5.41) is 3.32. The van der Waals surface area contributed by atoms with E-state index in [1.165, 1.54) is 5.56 Å². The van der Waals surface area contributed by atoms with E-state index in [-0.39, 0.29) is 12.0 Å². The molecule has 4 heteroatoms. The smallest absolute Gasteiger partial charge is 0.227 e. The van der Waals surface area contributed by atoms with Crippen molar-refractivity contribution in [3.8, 4) is 0 Å². The van der Waals surface area contributed by atoms with E-state index in [4.69, 9.17) is 0 Å². The van der Waals surface area contributed by atoms with Crippen LogP contribution in [0.15, 0.2) is 24.5 Å². The van der Waals surface area contributed by atoms with Crippen molar-refractivity contribution in [2.24, 2.45) is 11.8 Å². The Morgan fingerprint density at radius 1 is 1.37 bits per heavy atom. The van der Waals surface area contributed by atoms with Gasteiger partial charge in [-0.1, -0.05) is 6.92 Å². The Balaban J connectivity index is 1.78. The van der Waals surface area contributed by atoms with Crippen LogP contribution in [-0.2, 0) is 4.79 Å². The van der Waals surface area contributed by atoms with Crippen LogP contribution in [0.1, 0.15) is 31.4 Å². The Bertz CT molecular complexity index is 448. The van der Waals surface area contributed by atoms with Crippen molar-refractivity contribution in [3.63, 3.8) is 0 Å². The summed E-state index contributed by atoms with van der Waals surface area (Å²) < 4.78 is 0. The number of nitrogens with one attached hydrogen (secondary N) is 1. The van der Waals surface area contributed by atoms with Crippen molar-refractivity contribution in [1.29, 1.82) is 0 Å². The zero-order valence-corrected chi connectivity index (χ0v) is 11.4. The maximum atomic E-state index is 12.7. The number of nitrogens with zero attached hydrogens (tertiary/aromatic N) is 2. The lowest BCUT2D eigenvalue weighted by Gasteiger charge is -2.28. The molecule has 1 aromatic rings. The maximum absolute atomic E-state index is 12.7. The van der Waals surface area contributed by atoms with Gasteiger partial charge in [0.15, 0.2) is 0 Å². The summed E-state index contributed by atoms with van der Waals surface area (Å²) in [6.07, 6.45) is 5.81. The molecule has 2 aliphatic heterocycles. The lowest BCUT2D eigenvalue weighted by Crippen LogP contribution is -2.38. The molecule has 0 bridgehead atoms. The molecule has 4 nitrogen and oxygen atoms in total. The van der Waals surface area contributed by atoms with Crippen molar-refractivity contribution in [2.45, 2.75) is 25.8 Å². The molecule has 0 spiro atoms. The standard InChI is InChI=1S/C15H21N3O/c1-11-9-17-10-13(11)15(19)18-8-2-3-14(18)12-4-6-16-7-5-12/h4-7,11,13-14,17H,2-3,8-10H2,1H3/t11-,13-,14?/m1/s1. The number of aromatic nitrogens is 1. The third kappa shape index (κ3) is 2.37. The summed E-state index contributed by atoms with van der Waals surface area (Å²) in [5.74, 6) is 0.936. The first-order chi connectivity index (χ1) is 9.27. The maximum Gasteiger partial charge on any atom is 0.227 e. The van der Waals surface area contributed by atoms with E-state index in [0.29, 0.717) is 11.8 Å². The zero-order valence-electron chi connectivity index (χ0n) is 11.4. The monoisotopic (exact) mass is 259 g/mol. The van der Waals surface area contributed by atoms with Crippen molar-refractivity contribution >= 4 is 5.91 Å². The van der Waals surface area contributed by atoms with Gasteiger partial charge in [-0.2, -0.15) is 0 Å². The van der Waals surface area contributed by atoms with Gasteiger partial charge in [0, 0.05) is 25.5 Å². The molecule has 0 aromatic carbocycles. The van der Waals surface area contributed by atoms with Crippen molar-refractivity contribution in [2.75, 3.05) is 19.6 Å². The van der Waals surface area contributed by atoms with E-state index < -0.39 is 0 Å². The van der Waals surface area contributed by atoms with Crippen LogP contribution in [-0.4, -0.2) is 35.4 Å². The highest BCUT2D eigenvalue weighted by atomic mass is 16.2. The minimum absolute atomic E-state index is 0.155. The molecule has 0 aliphatic carbocycles. The summed E-state index contributed by atoms with van der Waals surface area (Å²) in [6, 6.07) is 4.32. The quantitative estimate of drug-likeness (QED) is 0.877. The van der Waals surface area contributed by atoms with Gasteiger partial charge < -0.3 is 10.2 Å². The van der Waals surface area contributed by atoms with E-state index in [9.17, 15) is 4.79 Å². The number of pyridine rings is 1. The van der Waals surface area contributed by atoms with Gasteiger partial charge in [0.25, 0.3) is 0 Å². The lowest BCUT2D eigenvalue weighted by molar-refractivity contribution is -0.137. The third-order valence-electron chi connectivity index (χ3n) is 4.46. The van der Waals surface area contributed by atoms with E-state index >= 15 is 0 Å². The predicted molar refractivity (Wildman–Crippen MR) is 73.4 cm³/mol. The highest BCUT2D eigenvalue weighted by Crippen LogP contribution is 2.34. The van der Waals surface area contributed by atoms with E-state index in [1.54, 1.807) is 0 Å². The van der Waals surface area contributed by atoms with Crippen LogP contribution < -0.4 is 5.32 Å². The second-order valence-corrected chi connectivity index (χ2v) is 5.71. The molecule has 1 aromatic heterocycles. The van der Waals surface area contributed by atoms with Crippen LogP contribution in [0.2, 0.25) is 0 Å². The molecule has 2 aliphatic rings. The lowest BCUT2D eigenvalue weighted by atomic mass is 9.95. The average Bonchev–Trinajstić information content (AvgIpc) is 3.07. The van der Waals surface area contributed by atoms with Gasteiger partial charge in [0.1, 0.15) is 0 Å². The SMILES string of the molecule is C[C@@H]1CNC[C@H]1C(=O)N1CCCC1c1ccncc1. The summed E-state index contributed by atoms with van der Waals surface area (Å²) in [7, 11) is 0. The van der Waals surface area contributed by atoms with Crippen molar-refractivity contribution in [3.05, 3.63) is 30.1 Å². The van der Waals surface area contributed by atoms with Gasteiger partial charge in [-0.3, -0.25) is 9.78 Å². The van der Waals surface area contributed by atoms with Crippen molar-refractivity contribution in [1.82, 2.24) is 15.2 Å². The van der Waals surface area contributed by atoms with Gasteiger partial charge in [0.05, 0.1) is 12.0 Å². The average molecular weight is 259 g/mol. The summed E-state index contributed by atoms with van der Waals surface area (Å²) >= 11 is 0. The van der Waals surface area contributed by atoms with Gasteiger partial charge in [-0.15, -0.1) is 0 Å². The highest BCUT2D eigenvalue weighted by Gasteiger charge is 2.37. The number of hydrogen-bond acceptors (Lipinski definition) is 3. The fraction of sp³-hybridized carbons (Fsp3) is 0.600. The summed E-state index contributed by atoms with van der Waals surface area (Å²) in [6.45, 7) is 4.86. The van der Waals surface area contributed by atoms with Crippen LogP contribution in [0.5, 0.6) is 0 Å². The molecule has 2 fully saturated rings. The highest BCUT2D eigenvalue weighted by molar-refractivity contribution is 5.80. The van der Waals surface area contributed by atoms with Gasteiger partial charge in [0.2, 0.25) is 5.91 Å². The number of carbonyl (C=O) groups is 1. The van der Waals surface area contributed by atoms with E-state index in [1.807, 2.05) is 24.5 Å². The molecule has 0 saturated carbocycles. The second-order valence-electron chi connectivity index (χ2n) is 5.71. The second kappa shape index (κ2) is 5.29. The zero-order chi connectivity index (χ0) is 13.2. The van der Waals surface area contributed by atoms with Crippen LogP contribution in [0.3, 0.4) is 0 Å². The Morgan fingerprint density at radius 2 is 2.16 bits per heavy atom. The minimum Gasteiger partial charge on any atom is -0.335 e. The third-order valence-corrected chi connectivity index (χ3v) is 4.46. The minimum atomic E-state index is 0.155. The number of hydrogen-bond donors (Lipinski definition) is 1.